The highest BCUT2D eigenvalue weighted by Gasteiger charge is 2.32. The molecule has 5 rings (SSSR count). The molecular formula is C33H27ClN2O7. The third-order valence-electron chi connectivity index (χ3n) is 6.70. The zero-order valence-corrected chi connectivity index (χ0v) is 24.1. The first-order valence-electron chi connectivity index (χ1n) is 13.1. The molecule has 0 saturated heterocycles. The molecule has 1 atom stereocenters. The minimum atomic E-state index is -0.610. The zero-order valence-electron chi connectivity index (χ0n) is 23.3. The number of methoxy groups -OCH3 is 2. The van der Waals surface area contributed by atoms with Crippen LogP contribution in [0.1, 0.15) is 22.6 Å². The van der Waals surface area contributed by atoms with Crippen LogP contribution in [0.3, 0.4) is 0 Å². The van der Waals surface area contributed by atoms with E-state index in [1.807, 2.05) is 24.3 Å². The lowest BCUT2D eigenvalue weighted by molar-refractivity contribution is -0.136. The second kappa shape index (κ2) is 13.1. The normalized spacial score (nSPS) is 13.7. The van der Waals surface area contributed by atoms with Crippen LogP contribution < -0.4 is 34.2 Å². The highest BCUT2D eigenvalue weighted by Crippen LogP contribution is 2.45. The molecule has 1 aliphatic rings. The Morgan fingerprint density at radius 1 is 0.907 bits per heavy atom. The summed E-state index contributed by atoms with van der Waals surface area (Å²) in [6.07, 6.45) is 0. The van der Waals surface area contributed by atoms with Crippen LogP contribution >= 0.6 is 11.6 Å². The average Bonchev–Trinajstić information content (AvgIpc) is 3.03. The largest absolute Gasteiger partial charge is 0.497 e. The number of ether oxygens (including phenoxy) is 6. The van der Waals surface area contributed by atoms with E-state index in [1.165, 1.54) is 7.11 Å². The number of nitrogens with two attached hydrogens (primary N) is 1. The molecule has 9 nitrogen and oxygen atoms in total. The number of nitrogens with zero attached hydrogens (tertiary/aromatic N) is 1. The third kappa shape index (κ3) is 6.61. The second-order valence-electron chi connectivity index (χ2n) is 9.35. The van der Waals surface area contributed by atoms with E-state index >= 15 is 0 Å². The number of benzene rings is 4. The van der Waals surface area contributed by atoms with Crippen molar-refractivity contribution in [2.45, 2.75) is 12.5 Å². The lowest BCUT2D eigenvalue weighted by Crippen LogP contribution is -2.21. The van der Waals surface area contributed by atoms with E-state index in [9.17, 15) is 10.1 Å². The van der Waals surface area contributed by atoms with Gasteiger partial charge < -0.3 is 34.2 Å². The molecule has 1 heterocycles. The number of carbonyl (C=O) groups excluding carboxylic acids is 1. The molecule has 0 bridgehead atoms. The lowest BCUT2D eigenvalue weighted by Gasteiger charge is -2.27. The molecule has 1 unspecified atom stereocenters. The first-order chi connectivity index (χ1) is 20.9. The molecule has 10 heteroatoms. The Morgan fingerprint density at radius 2 is 1.65 bits per heavy atom. The molecule has 4 aromatic carbocycles. The SMILES string of the molecule is COc1ccc(OCC(=O)Oc2ccc3c(c2)OC(N)=C(C#N)C3c2ccc(OCc3ccccc3Cl)c(OC)c2)cc1. The van der Waals surface area contributed by atoms with Crippen molar-refractivity contribution in [1.29, 1.82) is 5.26 Å². The number of allylic oxidation sites excluding steroid dienone is 1. The van der Waals surface area contributed by atoms with E-state index in [1.54, 1.807) is 67.8 Å². The van der Waals surface area contributed by atoms with Crippen molar-refractivity contribution in [2.75, 3.05) is 20.8 Å². The van der Waals surface area contributed by atoms with Gasteiger partial charge in [-0.15, -0.1) is 0 Å². The Morgan fingerprint density at radius 3 is 2.37 bits per heavy atom. The molecule has 0 fully saturated rings. The molecule has 218 valence electrons. The minimum Gasteiger partial charge on any atom is -0.497 e. The van der Waals surface area contributed by atoms with Gasteiger partial charge in [0.2, 0.25) is 5.88 Å². The van der Waals surface area contributed by atoms with Gasteiger partial charge in [0.1, 0.15) is 41.2 Å². The predicted molar refractivity (Wildman–Crippen MR) is 159 cm³/mol. The predicted octanol–water partition coefficient (Wildman–Crippen LogP) is 6.14. The van der Waals surface area contributed by atoms with Crippen LogP contribution in [-0.2, 0) is 11.4 Å². The van der Waals surface area contributed by atoms with E-state index in [2.05, 4.69) is 6.07 Å². The summed E-state index contributed by atoms with van der Waals surface area (Å²) in [5, 5.41) is 10.6. The quantitative estimate of drug-likeness (QED) is 0.169. The van der Waals surface area contributed by atoms with E-state index in [4.69, 9.17) is 45.8 Å². The molecule has 0 saturated carbocycles. The maximum atomic E-state index is 12.5. The highest BCUT2D eigenvalue weighted by atomic mass is 35.5. The summed E-state index contributed by atoms with van der Waals surface area (Å²) in [6.45, 7) is -0.0589. The minimum absolute atomic E-state index is 0.0515. The molecular weight excluding hydrogens is 572 g/mol. The number of hydrogen-bond donors (Lipinski definition) is 1. The summed E-state index contributed by atoms with van der Waals surface area (Å²) in [5.74, 6) is 1.49. The van der Waals surface area contributed by atoms with Crippen LogP contribution in [0.15, 0.2) is 96.4 Å². The number of nitriles is 1. The number of rotatable bonds is 10. The maximum absolute atomic E-state index is 12.5. The molecule has 4 aromatic rings. The van der Waals surface area contributed by atoms with Crippen molar-refractivity contribution < 1.29 is 33.2 Å². The monoisotopic (exact) mass is 598 g/mol. The van der Waals surface area contributed by atoms with Crippen molar-refractivity contribution >= 4 is 17.6 Å². The number of halogens is 1. The molecule has 2 N–H and O–H groups in total. The van der Waals surface area contributed by atoms with Crippen LogP contribution in [0, 0.1) is 11.3 Å². The van der Waals surface area contributed by atoms with Gasteiger partial charge in [0.15, 0.2) is 18.1 Å². The van der Waals surface area contributed by atoms with Crippen LogP contribution in [0.5, 0.6) is 34.5 Å². The standard InChI is InChI=1S/C33H27ClN2O7/c1-38-22-8-10-23(11-9-22)40-19-31(37)42-24-12-13-25-29(16-24)43-33(36)26(17-35)32(25)20-7-14-28(30(15-20)39-2)41-18-21-5-3-4-6-27(21)34/h3-16,32H,18-19,36H2,1-2H3. The average molecular weight is 599 g/mol. The Labute approximate surface area is 253 Å². The number of carbonyl (C=O) groups is 1. The fourth-order valence-corrected chi connectivity index (χ4v) is 4.76. The smallest absolute Gasteiger partial charge is 0.349 e. The fraction of sp³-hybridized carbons (Fsp3) is 0.152. The van der Waals surface area contributed by atoms with Gasteiger partial charge >= 0.3 is 5.97 Å². The Bertz CT molecular complexity index is 1710. The van der Waals surface area contributed by atoms with Gasteiger partial charge in [-0.2, -0.15) is 5.26 Å². The fourth-order valence-electron chi connectivity index (χ4n) is 4.57. The Hall–Kier alpha value is -5.33. The number of hydrogen-bond acceptors (Lipinski definition) is 9. The number of fused-ring (bicyclic) bond motifs is 1. The van der Waals surface area contributed by atoms with Crippen molar-refractivity contribution in [3.05, 3.63) is 118 Å². The molecule has 0 spiro atoms. The van der Waals surface area contributed by atoms with Crippen LogP contribution in [0.4, 0.5) is 0 Å². The lowest BCUT2D eigenvalue weighted by atomic mass is 9.83. The Kier molecular flexibility index (Phi) is 8.89. The summed E-state index contributed by atoms with van der Waals surface area (Å²) in [4.78, 5) is 12.5. The highest BCUT2D eigenvalue weighted by molar-refractivity contribution is 6.31. The van der Waals surface area contributed by atoms with E-state index in [0.29, 0.717) is 39.3 Å². The van der Waals surface area contributed by atoms with Crippen molar-refractivity contribution in [2.24, 2.45) is 5.73 Å². The van der Waals surface area contributed by atoms with Gasteiger partial charge in [0.25, 0.3) is 0 Å². The number of esters is 1. The summed E-state index contributed by atoms with van der Waals surface area (Å²) >= 11 is 6.27. The van der Waals surface area contributed by atoms with E-state index in [-0.39, 0.29) is 30.4 Å². The maximum Gasteiger partial charge on any atom is 0.349 e. The summed E-state index contributed by atoms with van der Waals surface area (Å²) in [6, 6.07) is 26.7. The van der Waals surface area contributed by atoms with Crippen LogP contribution in [-0.4, -0.2) is 26.8 Å². The van der Waals surface area contributed by atoms with Crippen LogP contribution in [0.25, 0.3) is 0 Å². The van der Waals surface area contributed by atoms with E-state index < -0.39 is 11.9 Å². The Balaban J connectivity index is 1.34. The van der Waals surface area contributed by atoms with Gasteiger partial charge in [-0.05, 0) is 54.1 Å². The zero-order chi connectivity index (χ0) is 30.3. The summed E-state index contributed by atoms with van der Waals surface area (Å²) in [5.41, 5.74) is 8.62. The van der Waals surface area contributed by atoms with Crippen LogP contribution in [0.2, 0.25) is 5.02 Å². The van der Waals surface area contributed by atoms with Gasteiger partial charge in [-0.25, -0.2) is 4.79 Å². The molecule has 0 amide bonds. The van der Waals surface area contributed by atoms with Gasteiger partial charge in [0, 0.05) is 22.2 Å². The van der Waals surface area contributed by atoms with Gasteiger partial charge in [0.05, 0.1) is 20.1 Å². The summed E-state index contributed by atoms with van der Waals surface area (Å²) < 4.78 is 33.5. The first-order valence-corrected chi connectivity index (χ1v) is 13.5. The second-order valence-corrected chi connectivity index (χ2v) is 9.76. The molecule has 1 aliphatic heterocycles. The third-order valence-corrected chi connectivity index (χ3v) is 7.07. The summed E-state index contributed by atoms with van der Waals surface area (Å²) in [7, 11) is 3.10. The molecule has 0 radical (unpaired) electrons. The molecule has 43 heavy (non-hydrogen) atoms. The first kappa shape index (κ1) is 29.2. The van der Waals surface area contributed by atoms with E-state index in [0.717, 1.165) is 11.1 Å². The topological polar surface area (TPSA) is 122 Å². The molecule has 0 aliphatic carbocycles. The van der Waals surface area contributed by atoms with Gasteiger partial charge in [-0.1, -0.05) is 41.9 Å². The van der Waals surface area contributed by atoms with Gasteiger partial charge in [-0.3, -0.25) is 0 Å². The molecule has 0 aromatic heterocycles. The van der Waals surface area contributed by atoms with Crippen molar-refractivity contribution in [3.8, 4) is 40.6 Å². The van der Waals surface area contributed by atoms with Crippen molar-refractivity contribution in [3.63, 3.8) is 0 Å². The van der Waals surface area contributed by atoms with Crippen molar-refractivity contribution in [1.82, 2.24) is 0 Å².